The maximum absolute atomic E-state index is 12.3. The largest absolute Gasteiger partial charge is 0.352 e. The molecule has 128 valence electrons. The number of anilines is 1. The van der Waals surface area contributed by atoms with Crippen LogP contribution in [0.25, 0.3) is 0 Å². The summed E-state index contributed by atoms with van der Waals surface area (Å²) in [4.78, 5) is 30.9. The lowest BCUT2D eigenvalue weighted by atomic mass is 10.0. The smallest absolute Gasteiger partial charge is 0.293 e. The summed E-state index contributed by atoms with van der Waals surface area (Å²) in [6, 6.07) is 0.116. The lowest BCUT2D eigenvalue weighted by Gasteiger charge is -2.32. The molecule has 1 aliphatic rings. The lowest BCUT2D eigenvalue weighted by molar-refractivity contribution is 0.0930. The summed E-state index contributed by atoms with van der Waals surface area (Å²) in [5, 5.41) is 4.85. The number of aromatic nitrogens is 3. The Morgan fingerprint density at radius 3 is 2.79 bits per heavy atom. The van der Waals surface area contributed by atoms with Gasteiger partial charge in [0, 0.05) is 43.4 Å². The number of hydrogen-bond acceptors (Lipinski definition) is 6. The number of amides is 1. The molecule has 1 fully saturated rings. The van der Waals surface area contributed by atoms with E-state index in [1.807, 2.05) is 18.7 Å². The van der Waals surface area contributed by atoms with Crippen LogP contribution in [0, 0.1) is 6.92 Å². The standard InChI is InChI=1S/C16H21N5O2S/c1-3-20-9-6-17-14(16(20)23)21-7-4-12(5-8-21)18-15(22)13-10-24-19-11(13)2/h6,9-10,12H,3-5,7-8H2,1-2H3,(H,18,22). The fraction of sp³-hybridized carbons (Fsp3) is 0.500. The van der Waals surface area contributed by atoms with E-state index in [-0.39, 0.29) is 17.5 Å². The minimum absolute atomic E-state index is 0.0533. The third-order valence-electron chi connectivity index (χ3n) is 4.36. The summed E-state index contributed by atoms with van der Waals surface area (Å²) in [5.74, 6) is 0.438. The van der Waals surface area contributed by atoms with E-state index in [9.17, 15) is 9.59 Å². The average Bonchev–Trinajstić information content (AvgIpc) is 3.02. The van der Waals surface area contributed by atoms with E-state index < -0.39 is 0 Å². The van der Waals surface area contributed by atoms with Crippen molar-refractivity contribution in [2.75, 3.05) is 18.0 Å². The molecule has 3 heterocycles. The van der Waals surface area contributed by atoms with Gasteiger partial charge < -0.3 is 14.8 Å². The summed E-state index contributed by atoms with van der Waals surface area (Å²) < 4.78 is 5.79. The molecule has 3 rings (SSSR count). The van der Waals surface area contributed by atoms with E-state index in [4.69, 9.17) is 0 Å². The predicted molar refractivity (Wildman–Crippen MR) is 93.7 cm³/mol. The summed E-state index contributed by atoms with van der Waals surface area (Å²) in [7, 11) is 0. The molecular formula is C16H21N5O2S. The molecule has 0 saturated carbocycles. The summed E-state index contributed by atoms with van der Waals surface area (Å²) >= 11 is 1.29. The van der Waals surface area contributed by atoms with Crippen molar-refractivity contribution in [1.82, 2.24) is 19.2 Å². The molecule has 0 aliphatic carbocycles. The van der Waals surface area contributed by atoms with E-state index in [1.165, 1.54) is 11.5 Å². The molecule has 0 spiro atoms. The molecule has 0 radical (unpaired) electrons. The number of carbonyl (C=O) groups excluding carboxylic acids is 1. The Morgan fingerprint density at radius 2 is 2.17 bits per heavy atom. The van der Waals surface area contributed by atoms with Crippen LogP contribution < -0.4 is 15.8 Å². The van der Waals surface area contributed by atoms with Crippen molar-refractivity contribution in [1.29, 1.82) is 0 Å². The van der Waals surface area contributed by atoms with Crippen molar-refractivity contribution < 1.29 is 4.79 Å². The van der Waals surface area contributed by atoms with Crippen molar-refractivity contribution in [2.24, 2.45) is 0 Å². The highest BCUT2D eigenvalue weighted by atomic mass is 32.1. The summed E-state index contributed by atoms with van der Waals surface area (Å²) in [6.07, 6.45) is 4.96. The van der Waals surface area contributed by atoms with Crippen molar-refractivity contribution in [3.63, 3.8) is 0 Å². The minimum Gasteiger partial charge on any atom is -0.352 e. The molecule has 1 saturated heterocycles. The van der Waals surface area contributed by atoms with Crippen molar-refractivity contribution in [3.05, 3.63) is 39.4 Å². The molecule has 8 heteroatoms. The highest BCUT2D eigenvalue weighted by Crippen LogP contribution is 2.16. The number of carbonyl (C=O) groups is 1. The molecule has 2 aromatic heterocycles. The number of nitrogens with one attached hydrogen (secondary N) is 1. The van der Waals surface area contributed by atoms with Crippen LogP contribution >= 0.6 is 11.5 Å². The van der Waals surface area contributed by atoms with E-state index in [1.54, 1.807) is 22.3 Å². The first-order valence-corrected chi connectivity index (χ1v) is 8.96. The van der Waals surface area contributed by atoms with Gasteiger partial charge in [0.15, 0.2) is 5.82 Å². The molecule has 0 bridgehead atoms. The maximum atomic E-state index is 12.3. The van der Waals surface area contributed by atoms with E-state index >= 15 is 0 Å². The van der Waals surface area contributed by atoms with Crippen LogP contribution in [0.2, 0.25) is 0 Å². The van der Waals surface area contributed by atoms with Gasteiger partial charge in [-0.15, -0.1) is 0 Å². The second-order valence-corrected chi connectivity index (χ2v) is 6.52. The predicted octanol–water partition coefficient (Wildman–Crippen LogP) is 1.43. The van der Waals surface area contributed by atoms with Crippen LogP contribution in [0.5, 0.6) is 0 Å². The van der Waals surface area contributed by atoms with Crippen molar-refractivity contribution in [3.8, 4) is 0 Å². The number of aryl methyl sites for hydroxylation is 2. The molecule has 2 aromatic rings. The Balaban J connectivity index is 1.61. The van der Waals surface area contributed by atoms with Crippen LogP contribution in [0.1, 0.15) is 35.8 Å². The SMILES string of the molecule is CCn1ccnc(N2CCC(NC(=O)c3csnc3C)CC2)c1=O. The minimum atomic E-state index is -0.0640. The van der Waals surface area contributed by atoms with Crippen LogP contribution in [0.4, 0.5) is 5.82 Å². The van der Waals surface area contributed by atoms with Crippen molar-refractivity contribution >= 4 is 23.3 Å². The van der Waals surface area contributed by atoms with Gasteiger partial charge in [0.1, 0.15) is 0 Å². The quantitative estimate of drug-likeness (QED) is 0.905. The van der Waals surface area contributed by atoms with Crippen LogP contribution in [0.15, 0.2) is 22.6 Å². The molecule has 24 heavy (non-hydrogen) atoms. The second kappa shape index (κ2) is 7.12. The fourth-order valence-electron chi connectivity index (χ4n) is 2.91. The fourth-order valence-corrected chi connectivity index (χ4v) is 3.60. The lowest BCUT2D eigenvalue weighted by Crippen LogP contribution is -2.46. The monoisotopic (exact) mass is 347 g/mol. The topological polar surface area (TPSA) is 80.1 Å². The number of nitrogens with zero attached hydrogens (tertiary/aromatic N) is 4. The highest BCUT2D eigenvalue weighted by molar-refractivity contribution is 7.03. The van der Waals surface area contributed by atoms with Crippen LogP contribution in [-0.4, -0.2) is 39.0 Å². The van der Waals surface area contributed by atoms with Gasteiger partial charge in [-0.1, -0.05) is 0 Å². The molecule has 0 atom stereocenters. The van der Waals surface area contributed by atoms with Gasteiger partial charge in [-0.2, -0.15) is 4.37 Å². The Kier molecular flexibility index (Phi) is 4.94. The van der Waals surface area contributed by atoms with Crippen LogP contribution in [0.3, 0.4) is 0 Å². The third kappa shape index (κ3) is 3.33. The second-order valence-electron chi connectivity index (χ2n) is 5.89. The van der Waals surface area contributed by atoms with Gasteiger partial charge in [-0.05, 0) is 38.2 Å². The zero-order valence-electron chi connectivity index (χ0n) is 13.9. The third-order valence-corrected chi connectivity index (χ3v) is 5.08. The van der Waals surface area contributed by atoms with E-state index in [2.05, 4.69) is 14.7 Å². The number of rotatable bonds is 4. The Morgan fingerprint density at radius 1 is 1.42 bits per heavy atom. The first-order chi connectivity index (χ1) is 11.6. The maximum Gasteiger partial charge on any atom is 0.293 e. The van der Waals surface area contributed by atoms with Gasteiger partial charge in [-0.25, -0.2) is 4.98 Å². The van der Waals surface area contributed by atoms with E-state index in [0.29, 0.717) is 31.0 Å². The summed E-state index contributed by atoms with van der Waals surface area (Å²) in [5.41, 5.74) is 1.36. The Labute approximate surface area is 144 Å². The first kappa shape index (κ1) is 16.6. The van der Waals surface area contributed by atoms with Gasteiger partial charge in [0.05, 0.1) is 11.3 Å². The van der Waals surface area contributed by atoms with Gasteiger partial charge >= 0.3 is 0 Å². The van der Waals surface area contributed by atoms with Gasteiger partial charge in [0.25, 0.3) is 11.5 Å². The zero-order chi connectivity index (χ0) is 17.1. The first-order valence-electron chi connectivity index (χ1n) is 8.12. The molecule has 7 nitrogen and oxygen atoms in total. The number of hydrogen-bond donors (Lipinski definition) is 1. The molecule has 1 amide bonds. The molecule has 1 N–H and O–H groups in total. The van der Waals surface area contributed by atoms with Crippen LogP contribution in [-0.2, 0) is 6.54 Å². The Hall–Kier alpha value is -2.22. The van der Waals surface area contributed by atoms with Crippen molar-refractivity contribution in [2.45, 2.75) is 39.3 Å². The normalized spacial score (nSPS) is 15.5. The molecule has 1 aliphatic heterocycles. The highest BCUT2D eigenvalue weighted by Gasteiger charge is 2.24. The molecular weight excluding hydrogens is 326 g/mol. The Bertz CT molecular complexity index is 777. The molecule has 0 unspecified atom stereocenters. The number of piperidine rings is 1. The van der Waals surface area contributed by atoms with E-state index in [0.717, 1.165) is 18.5 Å². The zero-order valence-corrected chi connectivity index (χ0v) is 14.7. The van der Waals surface area contributed by atoms with Gasteiger partial charge in [0.2, 0.25) is 0 Å². The molecule has 0 aromatic carbocycles. The summed E-state index contributed by atoms with van der Waals surface area (Å²) in [6.45, 7) is 5.83. The average molecular weight is 347 g/mol. The van der Waals surface area contributed by atoms with Gasteiger partial charge in [-0.3, -0.25) is 9.59 Å².